The van der Waals surface area contributed by atoms with E-state index in [0.717, 1.165) is 43.3 Å². The molecule has 0 N–H and O–H groups in total. The van der Waals surface area contributed by atoms with Crippen molar-refractivity contribution in [1.29, 1.82) is 0 Å². The number of fused-ring (bicyclic) bond motifs is 1. The van der Waals surface area contributed by atoms with Gasteiger partial charge < -0.3 is 0 Å². The van der Waals surface area contributed by atoms with Gasteiger partial charge in [-0.2, -0.15) is 0 Å². The van der Waals surface area contributed by atoms with Crippen molar-refractivity contribution in [3.8, 4) is 0 Å². The van der Waals surface area contributed by atoms with E-state index in [9.17, 15) is 9.59 Å². The maximum Gasteiger partial charge on any atom is 0.190 e. The van der Waals surface area contributed by atoms with Gasteiger partial charge in [0.2, 0.25) is 0 Å². The molecule has 0 bridgehead atoms. The van der Waals surface area contributed by atoms with Gasteiger partial charge in [-0.3, -0.25) is 9.59 Å². The summed E-state index contributed by atoms with van der Waals surface area (Å²) in [5.74, 6) is 1.11. The van der Waals surface area contributed by atoms with Crippen molar-refractivity contribution in [1.82, 2.24) is 0 Å². The number of Topliss-reactive ketones (excluding diaryl/α,β-unsaturated/α-hetero) is 2. The summed E-state index contributed by atoms with van der Waals surface area (Å²) < 4.78 is 0. The third-order valence-corrected chi connectivity index (χ3v) is 4.74. The average Bonchev–Trinajstić information content (AvgIpc) is 2.50. The molecule has 2 aliphatic carbocycles. The molecule has 0 saturated carbocycles. The molecular weight excluding hydrogens is 260 g/mol. The van der Waals surface area contributed by atoms with Gasteiger partial charge in [-0.25, -0.2) is 0 Å². The summed E-state index contributed by atoms with van der Waals surface area (Å²) in [5, 5.41) is 0. The van der Waals surface area contributed by atoms with Gasteiger partial charge >= 0.3 is 0 Å². The average molecular weight is 282 g/mol. The molecule has 0 fully saturated rings. The molecule has 3 rings (SSSR count). The van der Waals surface area contributed by atoms with Crippen LogP contribution >= 0.6 is 0 Å². The van der Waals surface area contributed by atoms with E-state index in [4.69, 9.17) is 0 Å². The third-order valence-electron chi connectivity index (χ3n) is 4.74. The third kappa shape index (κ3) is 2.48. The van der Waals surface area contributed by atoms with Crippen LogP contribution in [0.4, 0.5) is 0 Å². The lowest BCUT2D eigenvalue weighted by Gasteiger charge is -2.31. The summed E-state index contributed by atoms with van der Waals surface area (Å²) in [4.78, 5) is 25.5. The van der Waals surface area contributed by atoms with Crippen LogP contribution in [0, 0.1) is 11.8 Å². The van der Waals surface area contributed by atoms with E-state index >= 15 is 0 Å². The molecule has 0 spiro atoms. The zero-order valence-electron chi connectivity index (χ0n) is 12.8. The highest BCUT2D eigenvalue weighted by Gasteiger charge is 2.37. The highest BCUT2D eigenvalue weighted by Crippen LogP contribution is 2.40. The summed E-state index contributed by atoms with van der Waals surface area (Å²) in [6.07, 6.45) is 4.99. The number of carbonyl (C=O) groups excluding carboxylic acids is 2. The maximum absolute atomic E-state index is 12.8. The van der Waals surface area contributed by atoms with Crippen molar-refractivity contribution in [2.75, 3.05) is 0 Å². The largest absolute Gasteiger partial charge is 0.289 e. The molecule has 0 amide bonds. The van der Waals surface area contributed by atoms with Crippen LogP contribution in [0.15, 0.2) is 35.4 Å². The molecule has 1 unspecified atom stereocenters. The zero-order chi connectivity index (χ0) is 15.0. The minimum atomic E-state index is 0.0921. The number of hydrogen-bond acceptors (Lipinski definition) is 2. The normalized spacial score (nSPS) is 21.6. The van der Waals surface area contributed by atoms with E-state index in [0.29, 0.717) is 17.0 Å². The van der Waals surface area contributed by atoms with E-state index in [1.165, 1.54) is 0 Å². The van der Waals surface area contributed by atoms with Crippen LogP contribution in [0.25, 0.3) is 0 Å². The SMILES string of the molecule is CC(C)CCC1CCCC2=C1C(=O)c1ccccc1C2=O. The first-order chi connectivity index (χ1) is 10.1. The summed E-state index contributed by atoms with van der Waals surface area (Å²) in [6.45, 7) is 4.42. The molecule has 1 atom stereocenters. The molecule has 0 heterocycles. The summed E-state index contributed by atoms with van der Waals surface area (Å²) in [6, 6.07) is 7.28. The van der Waals surface area contributed by atoms with E-state index in [-0.39, 0.29) is 17.5 Å². The zero-order valence-corrected chi connectivity index (χ0v) is 12.8. The lowest BCUT2D eigenvalue weighted by Crippen LogP contribution is -2.29. The van der Waals surface area contributed by atoms with Crippen molar-refractivity contribution >= 4 is 11.6 Å². The van der Waals surface area contributed by atoms with Gasteiger partial charge in [-0.05, 0) is 37.5 Å². The molecule has 0 aliphatic heterocycles. The number of benzene rings is 1. The van der Waals surface area contributed by atoms with Crippen LogP contribution in [-0.2, 0) is 0 Å². The molecule has 1 aromatic rings. The summed E-state index contributed by atoms with van der Waals surface area (Å²) >= 11 is 0. The number of allylic oxidation sites excluding steroid dienone is 2. The predicted octanol–water partition coefficient (Wildman–Crippen LogP) is 4.60. The topological polar surface area (TPSA) is 34.1 Å². The molecule has 0 saturated heterocycles. The predicted molar refractivity (Wildman–Crippen MR) is 83.5 cm³/mol. The number of hydrogen-bond donors (Lipinski definition) is 0. The van der Waals surface area contributed by atoms with Crippen molar-refractivity contribution < 1.29 is 9.59 Å². The lowest BCUT2D eigenvalue weighted by molar-refractivity contribution is 0.0952. The maximum atomic E-state index is 12.8. The van der Waals surface area contributed by atoms with Crippen molar-refractivity contribution in [2.45, 2.75) is 46.0 Å². The van der Waals surface area contributed by atoms with E-state index in [2.05, 4.69) is 13.8 Å². The Morgan fingerprint density at radius 1 is 1.10 bits per heavy atom. The van der Waals surface area contributed by atoms with Crippen molar-refractivity contribution in [3.05, 3.63) is 46.5 Å². The van der Waals surface area contributed by atoms with E-state index < -0.39 is 0 Å². The van der Waals surface area contributed by atoms with Crippen molar-refractivity contribution in [2.24, 2.45) is 11.8 Å². The van der Waals surface area contributed by atoms with Crippen LogP contribution in [0.2, 0.25) is 0 Å². The van der Waals surface area contributed by atoms with E-state index in [1.807, 2.05) is 12.1 Å². The standard InChI is InChI=1S/C19H22O2/c1-12(2)10-11-13-6-5-9-16-17(13)19(21)15-8-4-3-7-14(15)18(16)20/h3-4,7-8,12-13H,5-6,9-11H2,1-2H3. The second-order valence-electron chi connectivity index (χ2n) is 6.66. The Kier molecular flexibility index (Phi) is 3.79. The Labute approximate surface area is 126 Å². The number of carbonyl (C=O) groups is 2. The first-order valence-corrected chi connectivity index (χ1v) is 8.01. The Morgan fingerprint density at radius 3 is 2.43 bits per heavy atom. The van der Waals surface area contributed by atoms with Gasteiger partial charge in [-0.1, -0.05) is 44.5 Å². The molecule has 0 radical (unpaired) electrons. The molecule has 0 aromatic heterocycles. The fourth-order valence-electron chi connectivity index (χ4n) is 3.62. The van der Waals surface area contributed by atoms with Gasteiger partial charge in [0.05, 0.1) is 0 Å². The smallest absolute Gasteiger partial charge is 0.190 e. The second kappa shape index (κ2) is 5.59. The highest BCUT2D eigenvalue weighted by atomic mass is 16.1. The number of rotatable bonds is 3. The fraction of sp³-hybridized carbons (Fsp3) is 0.474. The molecule has 110 valence electrons. The summed E-state index contributed by atoms with van der Waals surface area (Å²) in [7, 11) is 0. The lowest BCUT2D eigenvalue weighted by atomic mass is 9.71. The van der Waals surface area contributed by atoms with Gasteiger partial charge in [-0.15, -0.1) is 0 Å². The Balaban J connectivity index is 2.00. The van der Waals surface area contributed by atoms with Crippen LogP contribution in [-0.4, -0.2) is 11.6 Å². The van der Waals surface area contributed by atoms with Gasteiger partial charge in [0, 0.05) is 22.3 Å². The molecule has 2 aliphatic rings. The second-order valence-corrected chi connectivity index (χ2v) is 6.66. The first-order valence-electron chi connectivity index (χ1n) is 8.01. The minimum absolute atomic E-state index is 0.0921. The van der Waals surface area contributed by atoms with E-state index in [1.54, 1.807) is 12.1 Å². The minimum Gasteiger partial charge on any atom is -0.289 e. The molecule has 2 nitrogen and oxygen atoms in total. The van der Waals surface area contributed by atoms with Crippen LogP contribution in [0.5, 0.6) is 0 Å². The Morgan fingerprint density at radius 2 is 1.76 bits per heavy atom. The number of ketones is 2. The van der Waals surface area contributed by atoms with Crippen LogP contribution in [0.1, 0.15) is 66.7 Å². The van der Waals surface area contributed by atoms with Crippen molar-refractivity contribution in [3.63, 3.8) is 0 Å². The Bertz CT molecular complexity index is 622. The Hall–Kier alpha value is -1.70. The molecule has 2 heteroatoms. The molecule has 21 heavy (non-hydrogen) atoms. The summed E-state index contributed by atoms with van der Waals surface area (Å²) in [5.41, 5.74) is 2.85. The van der Waals surface area contributed by atoms with Gasteiger partial charge in [0.25, 0.3) is 0 Å². The monoisotopic (exact) mass is 282 g/mol. The van der Waals surface area contributed by atoms with Gasteiger partial charge in [0.15, 0.2) is 11.6 Å². The molecule has 1 aromatic carbocycles. The van der Waals surface area contributed by atoms with Gasteiger partial charge in [0.1, 0.15) is 0 Å². The first kappa shape index (κ1) is 14.2. The highest BCUT2D eigenvalue weighted by molar-refractivity contribution is 6.27. The van der Waals surface area contributed by atoms with Crippen LogP contribution < -0.4 is 0 Å². The van der Waals surface area contributed by atoms with Crippen LogP contribution in [0.3, 0.4) is 0 Å². The quantitative estimate of drug-likeness (QED) is 0.812. The molecular formula is C19H22O2. The fourth-order valence-corrected chi connectivity index (χ4v) is 3.62.